The number of fused-ring (bicyclic) bond motifs is 2. The van der Waals surface area contributed by atoms with Crippen molar-refractivity contribution in [2.24, 2.45) is 0 Å². The second-order valence-electron chi connectivity index (χ2n) is 7.70. The van der Waals surface area contributed by atoms with Gasteiger partial charge in [-0.2, -0.15) is 0 Å². The van der Waals surface area contributed by atoms with Crippen LogP contribution in [0.5, 0.6) is 5.75 Å². The van der Waals surface area contributed by atoms with Gasteiger partial charge >= 0.3 is 0 Å². The number of nitrogens with zero attached hydrogens (tertiary/aromatic N) is 1. The van der Waals surface area contributed by atoms with E-state index in [4.69, 9.17) is 4.74 Å². The van der Waals surface area contributed by atoms with Crippen LogP contribution < -0.4 is 15.0 Å². The number of carbonyl (C=O) groups is 2. The Balaban J connectivity index is 1.37. The van der Waals surface area contributed by atoms with Crippen LogP contribution in [-0.2, 0) is 11.2 Å². The van der Waals surface area contributed by atoms with Gasteiger partial charge in [0.1, 0.15) is 17.1 Å². The zero-order valence-corrected chi connectivity index (χ0v) is 16.5. The van der Waals surface area contributed by atoms with Gasteiger partial charge in [-0.25, -0.2) is 0 Å². The maximum Gasteiger partial charge on any atom is 0.286 e. The summed E-state index contributed by atoms with van der Waals surface area (Å²) >= 11 is 1.12. The third kappa shape index (κ3) is 2.96. The van der Waals surface area contributed by atoms with Crippen molar-refractivity contribution in [1.82, 2.24) is 5.32 Å². The molecule has 28 heavy (non-hydrogen) atoms. The van der Waals surface area contributed by atoms with Crippen LogP contribution in [0.25, 0.3) is 0 Å². The molecule has 2 unspecified atom stereocenters. The zero-order valence-electron chi connectivity index (χ0n) is 15.7. The Hall–Kier alpha value is -2.47. The summed E-state index contributed by atoms with van der Waals surface area (Å²) in [4.78, 5) is 25.9. The van der Waals surface area contributed by atoms with Crippen molar-refractivity contribution in [3.63, 3.8) is 0 Å². The first-order valence-electron chi connectivity index (χ1n) is 9.71. The summed E-state index contributed by atoms with van der Waals surface area (Å²) in [6, 6.07) is 14.6. The number of hydrogen-bond acceptors (Lipinski definition) is 5. The molecule has 0 saturated carbocycles. The Labute approximate surface area is 168 Å². The normalized spacial score (nSPS) is 26.0. The standard InChI is InChI=1S/C22H22N2O3S/c1-24-11-10-19(17-4-2-3-5-18(17)24)27-14-7-9-15-13(12-14)6-8-16(15)20-21(25)23-22(26)28-20/h2-5,7,9,12,16,19-20H,6,8,10-11H2,1H3,(H,23,25,26)/t16-,19?,20?/m1/s1. The van der Waals surface area contributed by atoms with Gasteiger partial charge < -0.3 is 9.64 Å². The van der Waals surface area contributed by atoms with Gasteiger partial charge in [0.25, 0.3) is 5.24 Å². The summed E-state index contributed by atoms with van der Waals surface area (Å²) in [7, 11) is 2.12. The summed E-state index contributed by atoms with van der Waals surface area (Å²) in [6.45, 7) is 0.969. The van der Waals surface area contributed by atoms with Crippen molar-refractivity contribution in [3.05, 3.63) is 59.2 Å². The molecule has 6 heteroatoms. The summed E-state index contributed by atoms with van der Waals surface area (Å²) in [5.74, 6) is 0.823. The number of rotatable bonds is 3. The van der Waals surface area contributed by atoms with E-state index in [1.807, 2.05) is 6.07 Å². The molecule has 5 nitrogen and oxygen atoms in total. The highest BCUT2D eigenvalue weighted by Gasteiger charge is 2.41. The average molecular weight is 394 g/mol. The number of nitrogens with one attached hydrogen (secondary N) is 1. The molecular formula is C22H22N2O3S. The largest absolute Gasteiger partial charge is 0.486 e. The van der Waals surface area contributed by atoms with Crippen molar-refractivity contribution >= 4 is 28.6 Å². The lowest BCUT2D eigenvalue weighted by Gasteiger charge is -2.33. The summed E-state index contributed by atoms with van der Waals surface area (Å²) in [5.41, 5.74) is 4.87. The van der Waals surface area contributed by atoms with Gasteiger partial charge in [0.05, 0.1) is 0 Å². The fraction of sp³-hybridized carbons (Fsp3) is 0.364. The molecule has 0 radical (unpaired) electrons. The lowest BCUT2D eigenvalue weighted by Crippen LogP contribution is -2.29. The monoisotopic (exact) mass is 394 g/mol. The summed E-state index contributed by atoms with van der Waals surface area (Å²) in [6.07, 6.45) is 2.82. The quantitative estimate of drug-likeness (QED) is 0.852. The Morgan fingerprint density at radius 2 is 1.96 bits per heavy atom. The van der Waals surface area contributed by atoms with Crippen LogP contribution in [0, 0.1) is 0 Å². The number of carbonyl (C=O) groups excluding carboxylic acids is 2. The van der Waals surface area contributed by atoms with E-state index < -0.39 is 0 Å². The molecule has 1 saturated heterocycles. The molecule has 2 heterocycles. The predicted molar refractivity (Wildman–Crippen MR) is 110 cm³/mol. The number of imide groups is 1. The molecule has 0 bridgehead atoms. The number of hydrogen-bond donors (Lipinski definition) is 1. The van der Waals surface area contributed by atoms with Gasteiger partial charge in [0, 0.05) is 37.2 Å². The fourth-order valence-corrected chi connectivity index (χ4v) is 5.63. The molecular weight excluding hydrogens is 372 g/mol. The van der Waals surface area contributed by atoms with Crippen LogP contribution in [0.15, 0.2) is 42.5 Å². The first kappa shape index (κ1) is 17.6. The minimum Gasteiger partial charge on any atom is -0.486 e. The molecule has 2 amide bonds. The lowest BCUT2D eigenvalue weighted by atomic mass is 9.96. The number of anilines is 1. The van der Waals surface area contributed by atoms with E-state index in [9.17, 15) is 9.59 Å². The molecule has 3 aliphatic rings. The fourth-order valence-electron chi connectivity index (χ4n) is 4.63. The van der Waals surface area contributed by atoms with Gasteiger partial charge in [0.2, 0.25) is 5.91 Å². The zero-order chi connectivity index (χ0) is 19.3. The van der Waals surface area contributed by atoms with Gasteiger partial charge in [-0.1, -0.05) is 36.0 Å². The van der Waals surface area contributed by atoms with Crippen molar-refractivity contribution in [1.29, 1.82) is 0 Å². The number of amides is 2. The van der Waals surface area contributed by atoms with E-state index in [0.29, 0.717) is 0 Å². The van der Waals surface area contributed by atoms with E-state index >= 15 is 0 Å². The molecule has 1 aliphatic carbocycles. The molecule has 2 aliphatic heterocycles. The van der Waals surface area contributed by atoms with Crippen LogP contribution in [0.4, 0.5) is 10.5 Å². The maximum atomic E-state index is 12.1. The van der Waals surface area contributed by atoms with Crippen LogP contribution in [-0.4, -0.2) is 30.0 Å². The molecule has 0 spiro atoms. The highest BCUT2D eigenvalue weighted by atomic mass is 32.2. The minimum absolute atomic E-state index is 0.0523. The second-order valence-corrected chi connectivity index (χ2v) is 8.81. The SMILES string of the molecule is CN1CCC(Oc2ccc3c(c2)CC[C@H]3C2SC(=O)NC2=O)c2ccccc21. The lowest BCUT2D eigenvalue weighted by molar-refractivity contribution is -0.119. The van der Waals surface area contributed by atoms with E-state index in [0.717, 1.165) is 43.3 Å². The smallest absolute Gasteiger partial charge is 0.286 e. The molecule has 3 atom stereocenters. The molecule has 2 aromatic carbocycles. The highest BCUT2D eigenvalue weighted by molar-refractivity contribution is 8.15. The molecule has 144 valence electrons. The minimum atomic E-state index is -0.304. The van der Waals surface area contributed by atoms with Crippen molar-refractivity contribution in [2.45, 2.75) is 36.5 Å². The molecule has 1 fully saturated rings. The van der Waals surface area contributed by atoms with Crippen molar-refractivity contribution in [3.8, 4) is 5.75 Å². The number of thioether (sulfide) groups is 1. The third-order valence-electron chi connectivity index (χ3n) is 6.02. The Kier molecular flexibility index (Phi) is 4.31. The van der Waals surface area contributed by atoms with Gasteiger partial charge in [-0.3, -0.25) is 14.9 Å². The number of ether oxygens (including phenoxy) is 1. The van der Waals surface area contributed by atoms with Gasteiger partial charge in [-0.05, 0) is 42.2 Å². The average Bonchev–Trinajstić information content (AvgIpc) is 3.26. The predicted octanol–water partition coefficient (Wildman–Crippen LogP) is 4.03. The first-order chi connectivity index (χ1) is 13.6. The van der Waals surface area contributed by atoms with E-state index in [1.165, 1.54) is 22.4 Å². The number of benzene rings is 2. The first-order valence-corrected chi connectivity index (χ1v) is 10.6. The van der Waals surface area contributed by atoms with Crippen LogP contribution >= 0.6 is 11.8 Å². The Morgan fingerprint density at radius 1 is 1.11 bits per heavy atom. The van der Waals surface area contributed by atoms with E-state index in [-0.39, 0.29) is 28.4 Å². The number of aryl methyl sites for hydroxylation is 1. The molecule has 1 N–H and O–H groups in total. The van der Waals surface area contributed by atoms with Gasteiger partial charge in [0.15, 0.2) is 0 Å². The maximum absolute atomic E-state index is 12.1. The van der Waals surface area contributed by atoms with E-state index in [2.05, 4.69) is 53.7 Å². The van der Waals surface area contributed by atoms with Crippen LogP contribution in [0.3, 0.4) is 0 Å². The van der Waals surface area contributed by atoms with E-state index in [1.54, 1.807) is 0 Å². The third-order valence-corrected chi connectivity index (χ3v) is 7.13. The van der Waals surface area contributed by atoms with Crippen molar-refractivity contribution < 1.29 is 14.3 Å². The van der Waals surface area contributed by atoms with Crippen molar-refractivity contribution in [2.75, 3.05) is 18.5 Å². The Morgan fingerprint density at radius 3 is 2.79 bits per heavy atom. The second kappa shape index (κ2) is 6.85. The Bertz CT molecular complexity index is 961. The van der Waals surface area contributed by atoms with Crippen LogP contribution in [0.1, 0.15) is 41.6 Å². The van der Waals surface area contributed by atoms with Gasteiger partial charge in [-0.15, -0.1) is 0 Å². The summed E-state index contributed by atoms with van der Waals surface area (Å²) < 4.78 is 6.39. The topological polar surface area (TPSA) is 58.6 Å². The van der Waals surface area contributed by atoms with Crippen LogP contribution in [0.2, 0.25) is 0 Å². The number of para-hydroxylation sites is 1. The molecule has 5 rings (SSSR count). The highest BCUT2D eigenvalue weighted by Crippen LogP contribution is 2.44. The molecule has 2 aromatic rings. The summed E-state index contributed by atoms with van der Waals surface area (Å²) in [5, 5.41) is 1.87. The molecule has 0 aromatic heterocycles.